The molecule has 2 aromatic heterocycles. The number of aromatic nitrogens is 1. The van der Waals surface area contributed by atoms with Gasteiger partial charge < -0.3 is 23.9 Å². The summed E-state index contributed by atoms with van der Waals surface area (Å²) in [5.74, 6) is 2.62. The van der Waals surface area contributed by atoms with Crippen LogP contribution in [0, 0.1) is 6.92 Å². The van der Waals surface area contributed by atoms with E-state index < -0.39 is 5.97 Å². The quantitative estimate of drug-likeness (QED) is 0.541. The van der Waals surface area contributed by atoms with Crippen LogP contribution in [-0.4, -0.2) is 24.7 Å². The van der Waals surface area contributed by atoms with Gasteiger partial charge in [0.15, 0.2) is 11.5 Å². The van der Waals surface area contributed by atoms with Crippen LogP contribution in [-0.2, 0) is 17.8 Å². The minimum absolute atomic E-state index is 0.400. The van der Waals surface area contributed by atoms with Crippen LogP contribution in [0.15, 0.2) is 53.1 Å². The Hall–Kier alpha value is -3.32. The summed E-state index contributed by atoms with van der Waals surface area (Å²) in [6, 6.07) is 12.9. The fourth-order valence-corrected chi connectivity index (χ4v) is 2.77. The summed E-state index contributed by atoms with van der Waals surface area (Å²) in [5.41, 5.74) is 1.44. The molecule has 29 heavy (non-hydrogen) atoms. The van der Waals surface area contributed by atoms with E-state index in [0.717, 1.165) is 5.56 Å². The molecule has 3 aromatic rings. The maximum Gasteiger partial charge on any atom is 0.341 e. The van der Waals surface area contributed by atoms with Crippen molar-refractivity contribution in [1.82, 2.24) is 10.3 Å². The first-order valence-corrected chi connectivity index (χ1v) is 9.33. The zero-order valence-corrected chi connectivity index (χ0v) is 16.7. The molecule has 0 fully saturated rings. The Morgan fingerprint density at radius 3 is 2.62 bits per heavy atom. The Morgan fingerprint density at radius 1 is 1.14 bits per heavy atom. The summed E-state index contributed by atoms with van der Waals surface area (Å²) in [6.45, 7) is 5.31. The van der Waals surface area contributed by atoms with Gasteiger partial charge in [0.1, 0.15) is 17.1 Å². The maximum absolute atomic E-state index is 11.6. The smallest absolute Gasteiger partial charge is 0.341 e. The molecule has 0 atom stereocenters. The number of furan rings is 1. The molecule has 152 valence electrons. The highest BCUT2D eigenvalue weighted by molar-refractivity contribution is 5.90. The zero-order chi connectivity index (χ0) is 20.6. The Labute approximate surface area is 169 Å². The van der Waals surface area contributed by atoms with Crippen molar-refractivity contribution in [2.24, 2.45) is 0 Å². The van der Waals surface area contributed by atoms with Crippen LogP contribution in [0.2, 0.25) is 0 Å². The third-order valence-corrected chi connectivity index (χ3v) is 4.16. The monoisotopic (exact) mass is 396 g/mol. The molecule has 7 nitrogen and oxygen atoms in total. The van der Waals surface area contributed by atoms with Gasteiger partial charge in [-0.1, -0.05) is 18.2 Å². The number of para-hydroxylation sites is 2. The molecular weight excluding hydrogens is 372 g/mol. The number of ether oxygens (including phenoxy) is 3. The molecule has 0 bridgehead atoms. The molecule has 0 amide bonds. The Kier molecular flexibility index (Phi) is 6.86. The van der Waals surface area contributed by atoms with Gasteiger partial charge in [0.25, 0.3) is 0 Å². The first-order valence-electron chi connectivity index (χ1n) is 9.33. The highest BCUT2D eigenvalue weighted by atomic mass is 16.5. The summed E-state index contributed by atoms with van der Waals surface area (Å²) in [7, 11) is 1.35. The van der Waals surface area contributed by atoms with Crippen LogP contribution >= 0.6 is 0 Å². The van der Waals surface area contributed by atoms with Crippen molar-refractivity contribution in [2.75, 3.05) is 13.7 Å². The van der Waals surface area contributed by atoms with Crippen LogP contribution in [0.4, 0.5) is 0 Å². The molecule has 0 aliphatic carbocycles. The zero-order valence-electron chi connectivity index (χ0n) is 16.7. The number of nitrogens with zero attached hydrogens (tertiary/aromatic N) is 1. The average molecular weight is 396 g/mol. The van der Waals surface area contributed by atoms with E-state index in [9.17, 15) is 4.79 Å². The van der Waals surface area contributed by atoms with Gasteiger partial charge in [0.05, 0.1) is 20.3 Å². The van der Waals surface area contributed by atoms with Crippen molar-refractivity contribution in [3.05, 3.63) is 71.3 Å². The fraction of sp³-hybridized carbons (Fsp3) is 0.273. The van der Waals surface area contributed by atoms with E-state index in [1.54, 1.807) is 19.2 Å². The van der Waals surface area contributed by atoms with Crippen LogP contribution < -0.4 is 14.8 Å². The highest BCUT2D eigenvalue weighted by Crippen LogP contribution is 2.30. The number of methoxy groups -OCH3 is 1. The molecule has 0 saturated heterocycles. The second kappa shape index (κ2) is 9.75. The Morgan fingerprint density at radius 2 is 1.93 bits per heavy atom. The Bertz CT molecular complexity index is 950. The molecule has 2 heterocycles. The molecule has 0 radical (unpaired) electrons. The molecule has 0 aliphatic rings. The molecule has 7 heteroatoms. The number of hydrogen-bond acceptors (Lipinski definition) is 7. The van der Waals surface area contributed by atoms with E-state index in [0.29, 0.717) is 54.2 Å². The minimum Gasteiger partial charge on any atom is -0.490 e. The molecule has 0 spiro atoms. The van der Waals surface area contributed by atoms with Gasteiger partial charge in [0, 0.05) is 18.8 Å². The second-order valence-corrected chi connectivity index (χ2v) is 6.26. The van der Waals surface area contributed by atoms with Crippen LogP contribution in [0.5, 0.6) is 17.4 Å². The number of esters is 1. The van der Waals surface area contributed by atoms with Gasteiger partial charge in [-0.3, -0.25) is 0 Å². The third-order valence-electron chi connectivity index (χ3n) is 4.16. The average Bonchev–Trinajstić information content (AvgIpc) is 3.11. The van der Waals surface area contributed by atoms with Crippen LogP contribution in [0.25, 0.3) is 0 Å². The Balaban J connectivity index is 1.54. The summed E-state index contributed by atoms with van der Waals surface area (Å²) in [4.78, 5) is 16.0. The summed E-state index contributed by atoms with van der Waals surface area (Å²) < 4.78 is 21.7. The number of pyridine rings is 1. The molecule has 1 aromatic carbocycles. The standard InChI is InChI=1S/C22H24N2O5/c1-4-27-19-7-5-6-8-20(19)29-21-10-9-16(13-24-21)12-23-14-17-11-18(15(2)28-17)22(25)26-3/h5-11,13,23H,4,12,14H2,1-3H3. The molecule has 0 aliphatic heterocycles. The van der Waals surface area contributed by atoms with E-state index >= 15 is 0 Å². The van der Waals surface area contributed by atoms with Crippen molar-refractivity contribution < 1.29 is 23.4 Å². The molecular formula is C22H24N2O5. The van der Waals surface area contributed by atoms with Crippen LogP contribution in [0.1, 0.15) is 34.4 Å². The largest absolute Gasteiger partial charge is 0.490 e. The van der Waals surface area contributed by atoms with Crippen molar-refractivity contribution >= 4 is 5.97 Å². The highest BCUT2D eigenvalue weighted by Gasteiger charge is 2.15. The molecule has 0 saturated carbocycles. The number of benzene rings is 1. The van der Waals surface area contributed by atoms with Crippen molar-refractivity contribution in [3.63, 3.8) is 0 Å². The van der Waals surface area contributed by atoms with Crippen molar-refractivity contribution in [3.8, 4) is 17.4 Å². The lowest BCUT2D eigenvalue weighted by Crippen LogP contribution is -2.12. The lowest BCUT2D eigenvalue weighted by Gasteiger charge is -2.11. The predicted molar refractivity (Wildman–Crippen MR) is 107 cm³/mol. The number of rotatable bonds is 9. The number of nitrogens with one attached hydrogen (secondary N) is 1. The van der Waals surface area contributed by atoms with Gasteiger partial charge >= 0.3 is 5.97 Å². The summed E-state index contributed by atoms with van der Waals surface area (Å²) >= 11 is 0. The van der Waals surface area contributed by atoms with Gasteiger partial charge in [-0.2, -0.15) is 0 Å². The summed E-state index contributed by atoms with van der Waals surface area (Å²) in [6.07, 6.45) is 1.75. The molecule has 3 rings (SSSR count). The van der Waals surface area contributed by atoms with Gasteiger partial charge in [0.2, 0.25) is 5.88 Å². The lowest BCUT2D eigenvalue weighted by molar-refractivity contribution is 0.0599. The van der Waals surface area contributed by atoms with Crippen molar-refractivity contribution in [2.45, 2.75) is 26.9 Å². The van der Waals surface area contributed by atoms with E-state index in [1.807, 2.05) is 43.3 Å². The topological polar surface area (TPSA) is 82.8 Å². The minimum atomic E-state index is -0.400. The third kappa shape index (κ3) is 5.36. The first-order chi connectivity index (χ1) is 14.1. The SMILES string of the molecule is CCOc1ccccc1Oc1ccc(CNCc2cc(C(=O)OC)c(C)o2)cn1. The number of carbonyl (C=O) groups is 1. The van der Waals surface area contributed by atoms with Gasteiger partial charge in [-0.05, 0) is 37.6 Å². The molecule has 1 N–H and O–H groups in total. The second-order valence-electron chi connectivity index (χ2n) is 6.26. The maximum atomic E-state index is 11.6. The normalized spacial score (nSPS) is 10.6. The van der Waals surface area contributed by atoms with E-state index in [1.165, 1.54) is 7.11 Å². The molecule has 0 unspecified atom stereocenters. The summed E-state index contributed by atoms with van der Waals surface area (Å²) in [5, 5.41) is 3.26. The number of hydrogen-bond donors (Lipinski definition) is 1. The van der Waals surface area contributed by atoms with Crippen molar-refractivity contribution in [1.29, 1.82) is 0 Å². The van der Waals surface area contributed by atoms with Crippen LogP contribution in [0.3, 0.4) is 0 Å². The van der Waals surface area contributed by atoms with E-state index in [-0.39, 0.29) is 0 Å². The predicted octanol–water partition coefficient (Wildman–Crippen LogP) is 4.25. The fourth-order valence-electron chi connectivity index (χ4n) is 2.77. The van der Waals surface area contributed by atoms with E-state index in [2.05, 4.69) is 10.3 Å². The van der Waals surface area contributed by atoms with Gasteiger partial charge in [-0.25, -0.2) is 9.78 Å². The number of aryl methyl sites for hydroxylation is 1. The van der Waals surface area contributed by atoms with Gasteiger partial charge in [-0.15, -0.1) is 0 Å². The lowest BCUT2D eigenvalue weighted by atomic mass is 10.2. The number of carbonyl (C=O) groups excluding carboxylic acids is 1. The first kappa shape index (κ1) is 20.4. The van der Waals surface area contributed by atoms with E-state index in [4.69, 9.17) is 18.6 Å².